The molecule has 0 saturated carbocycles. The Balaban J connectivity index is 1.80. The lowest BCUT2D eigenvalue weighted by Crippen LogP contribution is -2.48. The van der Waals surface area contributed by atoms with Crippen LogP contribution in [0, 0.1) is 0 Å². The Morgan fingerprint density at radius 2 is 2.14 bits per heavy atom. The number of likely N-dealkylation sites (tertiary alicyclic amines) is 1. The van der Waals surface area contributed by atoms with Gasteiger partial charge in [0.15, 0.2) is 0 Å². The molecular weight excluding hydrogens is 307 g/mol. The van der Waals surface area contributed by atoms with Crippen LogP contribution in [-0.2, 0) is 11.2 Å². The normalized spacial score (nSPS) is 22.4. The number of piperidine rings is 1. The Bertz CT molecular complexity index is 507. The second-order valence-corrected chi connectivity index (χ2v) is 6.64. The average Bonchev–Trinajstić information content (AvgIpc) is 2.42. The van der Waals surface area contributed by atoms with Crippen LogP contribution in [0.25, 0.3) is 0 Å². The van der Waals surface area contributed by atoms with Crippen molar-refractivity contribution in [3.8, 4) is 0 Å². The molecule has 1 aliphatic heterocycles. The van der Waals surface area contributed by atoms with E-state index >= 15 is 0 Å². The van der Waals surface area contributed by atoms with Crippen molar-refractivity contribution in [3.05, 3.63) is 33.8 Å². The van der Waals surface area contributed by atoms with Crippen LogP contribution < -0.4 is 5.73 Å². The third-order valence-corrected chi connectivity index (χ3v) is 4.82. The molecule has 0 aliphatic carbocycles. The van der Waals surface area contributed by atoms with Crippen LogP contribution in [-0.4, -0.2) is 29.4 Å². The van der Waals surface area contributed by atoms with E-state index in [1.165, 1.54) is 0 Å². The minimum Gasteiger partial charge on any atom is -0.340 e. The maximum absolute atomic E-state index is 12.3. The van der Waals surface area contributed by atoms with Crippen LogP contribution in [0.1, 0.15) is 38.2 Å². The van der Waals surface area contributed by atoms with Gasteiger partial charge in [0, 0.05) is 25.0 Å². The monoisotopic (exact) mass is 328 g/mol. The number of benzene rings is 1. The van der Waals surface area contributed by atoms with Crippen LogP contribution in [0.15, 0.2) is 18.2 Å². The maximum Gasteiger partial charge on any atom is 0.222 e. The van der Waals surface area contributed by atoms with Gasteiger partial charge in [-0.05, 0) is 50.3 Å². The molecule has 1 aliphatic rings. The summed E-state index contributed by atoms with van der Waals surface area (Å²) in [5.41, 5.74) is 7.05. The fourth-order valence-corrected chi connectivity index (χ4v) is 3.18. The Kier molecular flexibility index (Phi) is 5.91. The van der Waals surface area contributed by atoms with Crippen LogP contribution in [0.2, 0.25) is 10.0 Å². The first-order valence-corrected chi connectivity index (χ1v) is 8.22. The van der Waals surface area contributed by atoms with Gasteiger partial charge >= 0.3 is 0 Å². The van der Waals surface area contributed by atoms with Gasteiger partial charge in [-0.25, -0.2) is 0 Å². The summed E-state index contributed by atoms with van der Waals surface area (Å²) in [5.74, 6) is 0.231. The molecule has 0 spiro atoms. The van der Waals surface area contributed by atoms with Crippen molar-refractivity contribution in [2.24, 2.45) is 5.73 Å². The minimum absolute atomic E-state index is 0.231. The first-order valence-electron chi connectivity index (χ1n) is 7.46. The number of hydrogen-bond acceptors (Lipinski definition) is 2. The summed E-state index contributed by atoms with van der Waals surface area (Å²) in [5, 5.41) is 1.13. The molecule has 1 aromatic rings. The molecule has 3 nitrogen and oxygen atoms in total. The quantitative estimate of drug-likeness (QED) is 0.916. The first-order chi connectivity index (χ1) is 9.97. The molecule has 21 heavy (non-hydrogen) atoms. The lowest BCUT2D eigenvalue weighted by atomic mass is 9.98. The SMILES string of the molecule is C[C@@H]1C[C@@H](N)CCN1C(=O)CCCc1ccc(Cl)c(Cl)c1. The van der Waals surface area contributed by atoms with Crippen LogP contribution in [0.4, 0.5) is 0 Å². The van der Waals surface area contributed by atoms with E-state index < -0.39 is 0 Å². The molecule has 1 amide bonds. The Labute approximate surface area is 136 Å². The average molecular weight is 329 g/mol. The van der Waals surface area contributed by atoms with E-state index in [-0.39, 0.29) is 18.0 Å². The molecule has 1 heterocycles. The molecule has 2 atom stereocenters. The summed E-state index contributed by atoms with van der Waals surface area (Å²) in [6.45, 7) is 2.86. The van der Waals surface area contributed by atoms with Gasteiger partial charge < -0.3 is 10.6 Å². The molecule has 116 valence electrons. The molecular formula is C16H22Cl2N2O. The Morgan fingerprint density at radius 3 is 2.81 bits per heavy atom. The van der Waals surface area contributed by atoms with Crippen molar-refractivity contribution >= 4 is 29.1 Å². The lowest BCUT2D eigenvalue weighted by molar-refractivity contribution is -0.134. The number of rotatable bonds is 4. The molecule has 2 rings (SSSR count). The zero-order valence-corrected chi connectivity index (χ0v) is 13.8. The van der Waals surface area contributed by atoms with Gasteiger partial charge in [-0.3, -0.25) is 4.79 Å². The molecule has 1 aromatic carbocycles. The van der Waals surface area contributed by atoms with E-state index in [2.05, 4.69) is 6.92 Å². The van der Waals surface area contributed by atoms with E-state index in [1.54, 1.807) is 6.07 Å². The van der Waals surface area contributed by atoms with E-state index in [9.17, 15) is 4.79 Å². The van der Waals surface area contributed by atoms with Crippen LogP contribution in [0.5, 0.6) is 0 Å². The predicted molar refractivity (Wildman–Crippen MR) is 87.8 cm³/mol. The Hall–Kier alpha value is -0.770. The van der Waals surface area contributed by atoms with Crippen LogP contribution in [0.3, 0.4) is 0 Å². The maximum atomic E-state index is 12.3. The van der Waals surface area contributed by atoms with Crippen LogP contribution >= 0.6 is 23.2 Å². The largest absolute Gasteiger partial charge is 0.340 e. The summed E-state index contributed by atoms with van der Waals surface area (Å²) < 4.78 is 0. The minimum atomic E-state index is 0.231. The number of halogens is 2. The molecule has 0 radical (unpaired) electrons. The van der Waals surface area contributed by atoms with Gasteiger partial charge in [0.05, 0.1) is 10.0 Å². The highest BCUT2D eigenvalue weighted by Gasteiger charge is 2.26. The zero-order chi connectivity index (χ0) is 15.4. The first kappa shape index (κ1) is 16.6. The summed E-state index contributed by atoms with van der Waals surface area (Å²) >= 11 is 11.9. The van der Waals surface area contributed by atoms with Crippen molar-refractivity contribution < 1.29 is 4.79 Å². The van der Waals surface area contributed by atoms with Gasteiger partial charge in [-0.2, -0.15) is 0 Å². The zero-order valence-electron chi connectivity index (χ0n) is 12.3. The van der Waals surface area contributed by atoms with Crippen molar-refractivity contribution in [1.29, 1.82) is 0 Å². The smallest absolute Gasteiger partial charge is 0.222 e. The fraction of sp³-hybridized carbons (Fsp3) is 0.562. The third kappa shape index (κ3) is 4.60. The van der Waals surface area contributed by atoms with Gasteiger partial charge in [-0.1, -0.05) is 29.3 Å². The highest BCUT2D eigenvalue weighted by molar-refractivity contribution is 6.42. The second-order valence-electron chi connectivity index (χ2n) is 5.82. The number of hydrogen-bond donors (Lipinski definition) is 1. The number of nitrogens with two attached hydrogens (primary N) is 1. The number of nitrogens with zero attached hydrogens (tertiary/aromatic N) is 1. The second kappa shape index (κ2) is 7.48. The lowest BCUT2D eigenvalue weighted by Gasteiger charge is -2.36. The molecule has 1 saturated heterocycles. The summed E-state index contributed by atoms with van der Waals surface area (Å²) in [6, 6.07) is 6.12. The van der Waals surface area contributed by atoms with Crippen molar-refractivity contribution in [1.82, 2.24) is 4.90 Å². The van der Waals surface area contributed by atoms with Crippen molar-refractivity contribution in [2.45, 2.75) is 51.1 Å². The van der Waals surface area contributed by atoms with E-state index in [0.717, 1.165) is 37.8 Å². The molecule has 5 heteroatoms. The molecule has 1 fully saturated rings. The van der Waals surface area contributed by atoms with E-state index in [4.69, 9.17) is 28.9 Å². The Morgan fingerprint density at radius 1 is 1.38 bits per heavy atom. The fourth-order valence-electron chi connectivity index (χ4n) is 2.86. The van der Waals surface area contributed by atoms with E-state index in [0.29, 0.717) is 16.5 Å². The van der Waals surface area contributed by atoms with Gasteiger partial charge in [0.25, 0.3) is 0 Å². The van der Waals surface area contributed by atoms with Crippen molar-refractivity contribution in [3.63, 3.8) is 0 Å². The van der Waals surface area contributed by atoms with Crippen molar-refractivity contribution in [2.75, 3.05) is 6.54 Å². The summed E-state index contributed by atoms with van der Waals surface area (Å²) in [7, 11) is 0. The topological polar surface area (TPSA) is 46.3 Å². The van der Waals surface area contributed by atoms with Gasteiger partial charge in [0.2, 0.25) is 5.91 Å². The standard InChI is InChI=1S/C16H22Cl2N2O/c1-11-9-13(19)7-8-20(11)16(21)4-2-3-12-5-6-14(17)15(18)10-12/h5-6,10-11,13H,2-4,7-9,19H2,1H3/t11-,13+/m1/s1. The highest BCUT2D eigenvalue weighted by atomic mass is 35.5. The number of carbonyl (C=O) groups is 1. The summed E-state index contributed by atoms with van der Waals surface area (Å²) in [6.07, 6.45) is 4.04. The number of aryl methyl sites for hydroxylation is 1. The predicted octanol–water partition coefficient (Wildman–Crippen LogP) is 3.65. The highest BCUT2D eigenvalue weighted by Crippen LogP contribution is 2.23. The van der Waals surface area contributed by atoms with E-state index in [1.807, 2.05) is 17.0 Å². The van der Waals surface area contributed by atoms with Gasteiger partial charge in [-0.15, -0.1) is 0 Å². The number of carbonyl (C=O) groups excluding carboxylic acids is 1. The third-order valence-electron chi connectivity index (χ3n) is 4.08. The van der Waals surface area contributed by atoms with Gasteiger partial charge in [0.1, 0.15) is 0 Å². The molecule has 0 aromatic heterocycles. The number of amides is 1. The molecule has 0 bridgehead atoms. The molecule has 2 N–H and O–H groups in total. The summed E-state index contributed by atoms with van der Waals surface area (Å²) in [4.78, 5) is 14.2. The molecule has 0 unspecified atom stereocenters.